The Balaban J connectivity index is 0.000000325. The van der Waals surface area contributed by atoms with Gasteiger partial charge in [-0.05, 0) is 40.2 Å². The van der Waals surface area contributed by atoms with E-state index >= 15 is 0 Å². The van der Waals surface area contributed by atoms with Gasteiger partial charge in [0.05, 0.1) is 0 Å². The maximum Gasteiger partial charge on any atom is 0.403 e. The number of rotatable bonds is 3. The molecule has 1 saturated heterocycles. The SMILES string of the molecule is CC(C)(C)OC=O.O=C(Cl)OC[C@H]1CCCN1. The third-order valence-electron chi connectivity index (χ3n) is 1.96. The molecule has 1 rings (SSSR count). The summed E-state index contributed by atoms with van der Waals surface area (Å²) in [7, 11) is 0. The number of nitrogens with one attached hydrogen (secondary N) is 1. The third kappa shape index (κ3) is 11.5. The number of halogens is 1. The van der Waals surface area contributed by atoms with Crippen molar-refractivity contribution >= 4 is 23.5 Å². The predicted molar refractivity (Wildman–Crippen MR) is 65.1 cm³/mol. The molecule has 0 bridgehead atoms. The first-order valence-corrected chi connectivity index (χ1v) is 5.90. The molecule has 0 saturated carbocycles. The predicted octanol–water partition coefficient (Wildman–Crippen LogP) is 2.07. The van der Waals surface area contributed by atoms with Gasteiger partial charge in [-0.15, -0.1) is 0 Å². The molecule has 1 fully saturated rings. The number of carbonyl (C=O) groups is 2. The maximum absolute atomic E-state index is 10.1. The molecular weight excluding hydrogens is 246 g/mol. The zero-order valence-electron chi connectivity index (χ0n) is 10.5. The standard InChI is InChI=1S/C6H10ClNO2.C5H10O2/c7-6(9)10-4-5-2-1-3-8-5;1-5(2,3)7-4-6/h5,8H,1-4H2;4H,1-3H3/t5-;/m1./s1. The van der Waals surface area contributed by atoms with E-state index in [2.05, 4.69) is 14.8 Å². The fourth-order valence-corrected chi connectivity index (χ4v) is 1.27. The Hall–Kier alpha value is -0.810. The fraction of sp³-hybridized carbons (Fsp3) is 0.818. The van der Waals surface area contributed by atoms with E-state index in [1.807, 2.05) is 20.8 Å². The van der Waals surface area contributed by atoms with Crippen molar-refractivity contribution in [3.05, 3.63) is 0 Å². The average Bonchev–Trinajstić information content (AvgIpc) is 2.66. The molecular formula is C11H20ClNO4. The number of ether oxygens (including phenoxy) is 2. The summed E-state index contributed by atoms with van der Waals surface area (Å²) in [5.41, 5.74) is -1.03. The van der Waals surface area contributed by atoms with E-state index in [0.717, 1.165) is 19.4 Å². The van der Waals surface area contributed by atoms with Gasteiger partial charge in [-0.1, -0.05) is 0 Å². The highest BCUT2D eigenvalue weighted by Crippen LogP contribution is 2.05. The van der Waals surface area contributed by atoms with Crippen molar-refractivity contribution in [2.24, 2.45) is 0 Å². The van der Waals surface area contributed by atoms with E-state index in [-0.39, 0.29) is 5.60 Å². The lowest BCUT2D eigenvalue weighted by atomic mass is 10.2. The van der Waals surface area contributed by atoms with Crippen molar-refractivity contribution < 1.29 is 19.1 Å². The van der Waals surface area contributed by atoms with Crippen LogP contribution in [0.5, 0.6) is 0 Å². The van der Waals surface area contributed by atoms with E-state index in [4.69, 9.17) is 11.6 Å². The molecule has 0 unspecified atom stereocenters. The van der Waals surface area contributed by atoms with E-state index < -0.39 is 5.43 Å². The molecule has 0 aromatic rings. The molecule has 1 atom stereocenters. The van der Waals surface area contributed by atoms with Crippen LogP contribution in [0.1, 0.15) is 33.6 Å². The normalized spacial score (nSPS) is 18.9. The minimum absolute atomic E-state index is 0.318. The third-order valence-corrected chi connectivity index (χ3v) is 2.07. The van der Waals surface area contributed by atoms with Crippen LogP contribution in [0.15, 0.2) is 0 Å². The maximum atomic E-state index is 10.1. The Morgan fingerprint density at radius 2 is 2.18 bits per heavy atom. The van der Waals surface area contributed by atoms with Crippen LogP contribution in [0.4, 0.5) is 4.79 Å². The number of hydrogen-bond acceptors (Lipinski definition) is 5. The van der Waals surface area contributed by atoms with E-state index in [9.17, 15) is 9.59 Å². The van der Waals surface area contributed by atoms with Crippen molar-refractivity contribution in [2.45, 2.75) is 45.3 Å². The molecule has 0 radical (unpaired) electrons. The molecule has 5 nitrogen and oxygen atoms in total. The highest BCUT2D eigenvalue weighted by atomic mass is 35.5. The van der Waals surface area contributed by atoms with E-state index in [0.29, 0.717) is 19.1 Å². The Morgan fingerprint density at radius 1 is 1.53 bits per heavy atom. The lowest BCUT2D eigenvalue weighted by Crippen LogP contribution is -2.27. The van der Waals surface area contributed by atoms with Gasteiger partial charge in [0.1, 0.15) is 12.2 Å². The topological polar surface area (TPSA) is 64.6 Å². The monoisotopic (exact) mass is 265 g/mol. The van der Waals surface area contributed by atoms with Gasteiger partial charge in [0, 0.05) is 17.6 Å². The molecule has 17 heavy (non-hydrogen) atoms. The van der Waals surface area contributed by atoms with Crippen LogP contribution in [-0.2, 0) is 14.3 Å². The van der Waals surface area contributed by atoms with Crippen molar-refractivity contribution in [1.82, 2.24) is 5.32 Å². The van der Waals surface area contributed by atoms with Gasteiger partial charge in [0.2, 0.25) is 0 Å². The Morgan fingerprint density at radius 3 is 2.47 bits per heavy atom. The fourth-order valence-electron chi connectivity index (χ4n) is 1.21. The summed E-state index contributed by atoms with van der Waals surface area (Å²) >= 11 is 4.97. The minimum Gasteiger partial charge on any atom is -0.462 e. The Labute approximate surface area is 107 Å². The molecule has 1 aliphatic heterocycles. The second-order valence-electron chi connectivity index (χ2n) is 4.67. The largest absolute Gasteiger partial charge is 0.462 e. The smallest absolute Gasteiger partial charge is 0.403 e. The van der Waals surface area contributed by atoms with E-state index in [1.54, 1.807) is 0 Å². The summed E-state index contributed by atoms with van der Waals surface area (Å²) in [6.07, 6.45) is 2.23. The summed E-state index contributed by atoms with van der Waals surface area (Å²) in [5, 5.41) is 3.18. The summed E-state index contributed by atoms with van der Waals surface area (Å²) in [4.78, 5) is 19.7. The minimum atomic E-state index is -0.714. The summed E-state index contributed by atoms with van der Waals surface area (Å²) in [5.74, 6) is 0. The summed E-state index contributed by atoms with van der Waals surface area (Å²) in [6, 6.07) is 0.322. The first kappa shape index (κ1) is 16.2. The van der Waals surface area contributed by atoms with Crippen LogP contribution < -0.4 is 5.32 Å². The van der Waals surface area contributed by atoms with Crippen molar-refractivity contribution in [3.63, 3.8) is 0 Å². The highest BCUT2D eigenvalue weighted by molar-refractivity contribution is 6.61. The van der Waals surface area contributed by atoms with Crippen LogP contribution in [-0.4, -0.2) is 36.7 Å². The molecule has 100 valence electrons. The zero-order valence-corrected chi connectivity index (χ0v) is 11.3. The first-order chi connectivity index (χ1) is 7.85. The molecule has 6 heteroatoms. The lowest BCUT2D eigenvalue weighted by molar-refractivity contribution is -0.138. The van der Waals surface area contributed by atoms with Crippen molar-refractivity contribution in [3.8, 4) is 0 Å². The van der Waals surface area contributed by atoms with Gasteiger partial charge < -0.3 is 14.8 Å². The average molecular weight is 266 g/mol. The van der Waals surface area contributed by atoms with Crippen LogP contribution in [0, 0.1) is 0 Å². The van der Waals surface area contributed by atoms with Gasteiger partial charge in [-0.2, -0.15) is 0 Å². The second-order valence-corrected chi connectivity index (χ2v) is 4.98. The number of carbonyl (C=O) groups excluding carboxylic acids is 2. The molecule has 0 amide bonds. The highest BCUT2D eigenvalue weighted by Gasteiger charge is 2.14. The Bertz CT molecular complexity index is 234. The molecule has 1 N–H and O–H groups in total. The van der Waals surface area contributed by atoms with Crippen LogP contribution >= 0.6 is 11.6 Å². The number of hydrogen-bond donors (Lipinski definition) is 1. The quantitative estimate of drug-likeness (QED) is 0.625. The van der Waals surface area contributed by atoms with Gasteiger partial charge in [0.15, 0.2) is 0 Å². The van der Waals surface area contributed by atoms with Crippen LogP contribution in [0.3, 0.4) is 0 Å². The van der Waals surface area contributed by atoms with Crippen LogP contribution in [0.2, 0.25) is 0 Å². The lowest BCUT2D eigenvalue weighted by Gasteiger charge is -2.14. The molecule has 0 aromatic carbocycles. The molecule has 1 aliphatic rings. The molecule has 0 aliphatic carbocycles. The molecule has 0 spiro atoms. The van der Waals surface area contributed by atoms with E-state index in [1.165, 1.54) is 0 Å². The Kier molecular flexibility index (Phi) is 7.91. The first-order valence-electron chi connectivity index (χ1n) is 5.52. The van der Waals surface area contributed by atoms with Crippen LogP contribution in [0.25, 0.3) is 0 Å². The van der Waals surface area contributed by atoms with Gasteiger partial charge in [-0.3, -0.25) is 4.79 Å². The summed E-state index contributed by atoms with van der Waals surface area (Å²) < 4.78 is 9.14. The summed E-state index contributed by atoms with van der Waals surface area (Å²) in [6.45, 7) is 7.34. The van der Waals surface area contributed by atoms with Gasteiger partial charge >= 0.3 is 5.43 Å². The van der Waals surface area contributed by atoms with Crippen molar-refractivity contribution in [1.29, 1.82) is 0 Å². The van der Waals surface area contributed by atoms with Crippen molar-refractivity contribution in [2.75, 3.05) is 13.2 Å². The van der Waals surface area contributed by atoms with Gasteiger partial charge in [-0.25, -0.2) is 4.79 Å². The second kappa shape index (κ2) is 8.31. The molecule has 1 heterocycles. The zero-order chi connectivity index (χ0) is 13.3. The van der Waals surface area contributed by atoms with Gasteiger partial charge in [0.25, 0.3) is 6.47 Å². The molecule has 0 aromatic heterocycles.